The minimum atomic E-state index is -1.26. The number of unbranched alkanes of at least 4 members (excludes halogenated alkanes) is 16. The summed E-state index contributed by atoms with van der Waals surface area (Å²) in [6.07, 6.45) is 23.4. The Morgan fingerprint density at radius 1 is 0.533 bits per heavy atom. The highest BCUT2D eigenvalue weighted by molar-refractivity contribution is 9.10. The highest BCUT2D eigenvalue weighted by atomic mass is 79.9. The number of fused-ring (bicyclic) bond motifs is 5. The van der Waals surface area contributed by atoms with Gasteiger partial charge in [0.15, 0.2) is 40.5 Å². The molecule has 0 saturated carbocycles. The van der Waals surface area contributed by atoms with Gasteiger partial charge in [0.05, 0.1) is 50.4 Å². The Labute approximate surface area is 737 Å². The van der Waals surface area contributed by atoms with Gasteiger partial charge in [-0.2, -0.15) is 5.26 Å². The van der Waals surface area contributed by atoms with Gasteiger partial charge in [0, 0.05) is 127 Å². The quantitative estimate of drug-likeness (QED) is 0.0135. The van der Waals surface area contributed by atoms with Crippen molar-refractivity contribution < 1.29 is 72.1 Å². The lowest BCUT2D eigenvalue weighted by Crippen LogP contribution is -2.46. The number of carbonyl (C=O) groups is 11. The number of rotatable bonds is 46. The van der Waals surface area contributed by atoms with Crippen molar-refractivity contribution in [2.75, 3.05) is 47.0 Å². The Bertz CT molecular complexity index is 4420. The van der Waals surface area contributed by atoms with E-state index in [1.54, 1.807) is 67.6 Å². The fraction of sp³-hybridized carbons (Fsp3) is 0.489. The number of carboxylic acid groups (broad SMARTS) is 1. The van der Waals surface area contributed by atoms with Crippen LogP contribution in [-0.2, 0) is 30.3 Å². The van der Waals surface area contributed by atoms with Crippen LogP contribution in [0.1, 0.15) is 310 Å². The van der Waals surface area contributed by atoms with Crippen molar-refractivity contribution in [2.45, 2.75) is 239 Å². The largest absolute Gasteiger partial charge is 0.492 e. The number of ketones is 7. The summed E-state index contributed by atoms with van der Waals surface area (Å²) in [7, 11) is 2.77. The van der Waals surface area contributed by atoms with Crippen LogP contribution in [0.3, 0.4) is 0 Å². The zero-order valence-corrected chi connectivity index (χ0v) is 75.2. The molecule has 26 heteroatoms. The molecule has 7 rings (SSSR count). The third kappa shape index (κ3) is 35.5. The lowest BCUT2D eigenvalue weighted by molar-refractivity contribution is -0.142. The first kappa shape index (κ1) is 104. The highest BCUT2D eigenvalue weighted by Gasteiger charge is 2.37. The zero-order chi connectivity index (χ0) is 88.6. The summed E-state index contributed by atoms with van der Waals surface area (Å²) in [5.74, 6) is -4.77. The maximum atomic E-state index is 14.7. The first-order chi connectivity index (χ1) is 57.6. The number of hydrogen-bond acceptors (Lipinski definition) is 18. The van der Waals surface area contributed by atoms with Crippen molar-refractivity contribution in [3.63, 3.8) is 0 Å². The van der Waals surface area contributed by atoms with E-state index in [2.05, 4.69) is 53.7 Å². The van der Waals surface area contributed by atoms with E-state index in [9.17, 15) is 58.0 Å². The van der Waals surface area contributed by atoms with E-state index < -0.39 is 59.2 Å². The Hall–Kier alpha value is -8.50. The smallest absolute Gasteiger partial charge is 0.339 e. The van der Waals surface area contributed by atoms with Crippen molar-refractivity contribution in [3.8, 4) is 28.7 Å². The molecule has 0 fully saturated rings. The topological polar surface area (TPSA) is 353 Å². The average Bonchev–Trinajstić information content (AvgIpc) is 0.778. The van der Waals surface area contributed by atoms with Gasteiger partial charge in [-0.1, -0.05) is 220 Å². The van der Waals surface area contributed by atoms with Crippen LogP contribution in [0.25, 0.3) is 11.1 Å². The maximum absolute atomic E-state index is 14.7. The number of hydrogen-bond donors (Lipinski definition) is 5. The molecule has 652 valence electrons. The number of esters is 1. The molecule has 0 spiro atoms. The third-order valence-corrected chi connectivity index (χ3v) is 22.6. The van der Waals surface area contributed by atoms with Crippen LogP contribution in [0.15, 0.2) is 114 Å². The number of methoxy groups -OCH3 is 1. The molecular weight excluding hydrogens is 1670 g/mol. The second kappa shape index (κ2) is 57.7. The Morgan fingerprint density at radius 3 is 1.38 bits per heavy atom. The summed E-state index contributed by atoms with van der Waals surface area (Å²) >= 11 is 27.7. The molecule has 0 radical (unpaired) electrons. The monoisotopic (exact) mass is 1790 g/mol. The predicted octanol–water partition coefficient (Wildman–Crippen LogP) is 21.4. The molecule has 0 unspecified atom stereocenters. The van der Waals surface area contributed by atoms with Crippen LogP contribution in [0.5, 0.6) is 11.5 Å². The number of ether oxygens (including phenoxy) is 3. The molecule has 120 heavy (non-hydrogen) atoms. The Kier molecular flexibility index (Phi) is 50.0. The van der Waals surface area contributed by atoms with Crippen LogP contribution < -0.4 is 32.0 Å². The number of amides is 2. The van der Waals surface area contributed by atoms with Crippen LogP contribution in [0.4, 0.5) is 0 Å². The lowest BCUT2D eigenvalue weighted by atomic mass is 9.88. The van der Waals surface area contributed by atoms with Gasteiger partial charge in [0.2, 0.25) is 11.8 Å². The van der Waals surface area contributed by atoms with E-state index in [1.165, 1.54) is 101 Å². The molecule has 4 atom stereocenters. The molecule has 0 aliphatic carbocycles. The molecule has 1 aliphatic rings. The van der Waals surface area contributed by atoms with E-state index in [0.29, 0.717) is 86.7 Å². The van der Waals surface area contributed by atoms with Gasteiger partial charge < -0.3 is 46.7 Å². The number of carboxylic acids is 1. The number of Topliss-reactive ketones (excluding diaryl/α,β-unsaturated/α-hetero) is 7. The number of nitrogens with one attached hydrogen (secondary N) is 1. The average molecular weight is 1800 g/mol. The first-order valence-corrected chi connectivity index (χ1v) is 44.3. The standard InChI is InChI=1S/C49H63ClN6O8.C16H21ClO3.C15H19ClO3.C14H18BrClO/c1-4-5-6-7-8-10-41(57)33-13-15-36(39(50)29-33)43(59)30-35(18-20-52)49(62)56(3)47-34-14-17-46(64-24-22-54)38(28-34)37-26-32(12-16-45(37)63-23-21-53)27-40(42(58)11-9-19-51)55-48(61)31(2)25-44(47)60;1-3-4-5-6-7-8-15(18)12-9-10-13(14(17)11-12)16(19)20-2;1-2-3-4-5-6-7-14(17)11-8-9-12(15(18)19)13(16)10-11;1-2-3-4-5-6-7-14(17)11-8-9-12(15)13(16)10-11/h12-17,26,28-29,31,35,40,47H,4-11,18,20-25,27,30,52-54H2,1-3H3,(H,55,61);9-11H,3-8H2,1-2H3;8-10H,2-7H2,1H3,(H,18,19);8-10H,2-7H2,1H3/t31-,35-,40+,47+;;;/m1.../s1. The van der Waals surface area contributed by atoms with E-state index in [-0.39, 0.29) is 132 Å². The fourth-order valence-corrected chi connectivity index (χ4v) is 14.8. The molecule has 1 aliphatic heterocycles. The molecular formula is C94H121BrCl4N6O15. The predicted molar refractivity (Wildman–Crippen MR) is 480 cm³/mol. The lowest BCUT2D eigenvalue weighted by Gasteiger charge is -2.32. The second-order valence-electron chi connectivity index (χ2n) is 29.9. The van der Waals surface area contributed by atoms with Crippen molar-refractivity contribution in [3.05, 3.63) is 184 Å². The minimum Gasteiger partial charge on any atom is -0.492 e. The number of aromatic carboxylic acids is 1. The third-order valence-electron chi connectivity index (χ3n) is 20.4. The fourth-order valence-electron chi connectivity index (χ4n) is 13.5. The molecule has 6 aromatic rings. The summed E-state index contributed by atoms with van der Waals surface area (Å²) in [5.41, 5.74) is 22.4. The molecule has 0 aromatic heterocycles. The number of likely N-dealkylation sites (N-methyl/N-ethyl adjacent to an activating group) is 1. The SMILES string of the molecule is CCCCCCCC(=O)c1ccc(Br)c(Cl)c1.CCCCCCCC(=O)c1ccc(C(=O)C[C@@H](CCN)C(=O)N(C)[C@@H]2C(=O)C[C@@H](C)C(=O)N[C@H](C(=O)CCC#N)Cc3ccc(OCCN)c(c3)-c3cc2ccc3OCCN)c(Cl)c1.CCCCCCCC(=O)c1ccc(C(=O)O)c(Cl)c1.CCCCCCCC(=O)c1ccc(C(=O)OC)c(Cl)c1. The molecule has 4 bridgehead atoms. The van der Waals surface area contributed by atoms with Crippen LogP contribution in [0.2, 0.25) is 20.1 Å². The van der Waals surface area contributed by atoms with Crippen molar-refractivity contribution in [1.29, 1.82) is 5.26 Å². The van der Waals surface area contributed by atoms with Gasteiger partial charge in [-0.05, 0) is 145 Å². The number of nitrogens with two attached hydrogens (primary N) is 3. The maximum Gasteiger partial charge on any atom is 0.339 e. The summed E-state index contributed by atoms with van der Waals surface area (Å²) in [4.78, 5) is 143. The Morgan fingerprint density at radius 2 is 0.958 bits per heavy atom. The second-order valence-corrected chi connectivity index (χ2v) is 32.4. The zero-order valence-electron chi connectivity index (χ0n) is 70.6. The normalized spacial score (nSPS) is 13.8. The van der Waals surface area contributed by atoms with Crippen molar-refractivity contribution in [1.82, 2.24) is 10.2 Å². The van der Waals surface area contributed by atoms with Crippen LogP contribution in [-0.4, -0.2) is 127 Å². The summed E-state index contributed by atoms with van der Waals surface area (Å²) in [6, 6.07) is 29.1. The number of benzene rings is 6. The van der Waals surface area contributed by atoms with Gasteiger partial charge >= 0.3 is 11.9 Å². The van der Waals surface area contributed by atoms with Crippen LogP contribution in [0, 0.1) is 23.2 Å². The molecule has 0 saturated heterocycles. The van der Waals surface area contributed by atoms with Gasteiger partial charge in [0.1, 0.15) is 30.8 Å². The van der Waals surface area contributed by atoms with E-state index in [1.807, 2.05) is 24.3 Å². The molecule has 21 nitrogen and oxygen atoms in total. The Balaban J connectivity index is 0.000000430. The molecule has 8 N–H and O–H groups in total. The highest BCUT2D eigenvalue weighted by Crippen LogP contribution is 2.42. The molecule has 2 amide bonds. The van der Waals surface area contributed by atoms with Crippen molar-refractivity contribution in [2.24, 2.45) is 29.0 Å². The number of nitrogens with zero attached hydrogens (tertiary/aromatic N) is 2. The molecule has 6 aromatic carbocycles. The van der Waals surface area contributed by atoms with Gasteiger partial charge in [-0.3, -0.25) is 43.2 Å². The van der Waals surface area contributed by atoms with Gasteiger partial charge in [-0.25, -0.2) is 9.59 Å². The minimum absolute atomic E-state index is 0.0235. The van der Waals surface area contributed by atoms with E-state index >= 15 is 0 Å². The number of nitriles is 1. The molecule has 1 heterocycles. The summed E-state index contributed by atoms with van der Waals surface area (Å²) in [6.45, 7) is 11.0. The number of halogens is 5. The van der Waals surface area contributed by atoms with Gasteiger partial charge in [0.25, 0.3) is 0 Å². The van der Waals surface area contributed by atoms with E-state index in [0.717, 1.165) is 81.5 Å². The first-order valence-electron chi connectivity index (χ1n) is 42.0. The summed E-state index contributed by atoms with van der Waals surface area (Å²) < 4.78 is 17.7. The number of carbonyl (C=O) groups excluding carboxylic acids is 10. The van der Waals surface area contributed by atoms with Crippen LogP contribution >= 0.6 is 62.3 Å². The van der Waals surface area contributed by atoms with Gasteiger partial charge in [-0.15, -0.1) is 0 Å². The van der Waals surface area contributed by atoms with Crippen molar-refractivity contribution >= 4 is 127 Å². The van der Waals surface area contributed by atoms with E-state index in [4.69, 9.17) is 78.2 Å². The summed E-state index contributed by atoms with van der Waals surface area (Å²) in [5, 5.41) is 22.0.